The number of esters is 1. The van der Waals surface area contributed by atoms with E-state index in [9.17, 15) is 14.7 Å². The molecule has 0 aromatic rings. The molecule has 0 saturated heterocycles. The zero-order chi connectivity index (χ0) is 16.6. The summed E-state index contributed by atoms with van der Waals surface area (Å²) in [5, 5.41) is 21.0. The van der Waals surface area contributed by atoms with Crippen molar-refractivity contribution in [1.29, 1.82) is 0 Å². The predicted octanol–water partition coefficient (Wildman–Crippen LogP) is 2.10. The molecule has 0 aliphatic rings. The summed E-state index contributed by atoms with van der Waals surface area (Å²) in [4.78, 5) is 21.7. The Morgan fingerprint density at radius 3 is 2.36 bits per heavy atom. The molecular formula is C16H31NO5. The Morgan fingerprint density at radius 1 is 1.05 bits per heavy atom. The van der Waals surface area contributed by atoms with E-state index in [0.717, 1.165) is 12.8 Å². The van der Waals surface area contributed by atoms with Crippen molar-refractivity contribution in [1.82, 2.24) is 5.32 Å². The molecule has 0 aliphatic carbocycles. The van der Waals surface area contributed by atoms with Gasteiger partial charge in [0.25, 0.3) is 0 Å². The Bertz CT molecular complexity index is 296. The summed E-state index contributed by atoms with van der Waals surface area (Å²) in [6.07, 6.45) is 7.29. The molecule has 0 radical (unpaired) electrons. The van der Waals surface area contributed by atoms with Gasteiger partial charge in [0.1, 0.15) is 6.61 Å². The molecule has 0 heterocycles. The monoisotopic (exact) mass is 317 g/mol. The highest BCUT2D eigenvalue weighted by Crippen LogP contribution is 2.09. The summed E-state index contributed by atoms with van der Waals surface area (Å²) in [7, 11) is 0. The number of unbranched alkanes of at least 4 members (excludes halogenated alkanes) is 5. The Balaban J connectivity index is 3.39. The number of nitrogens with one attached hydrogen (secondary N) is 1. The third-order valence-corrected chi connectivity index (χ3v) is 3.35. The second kappa shape index (κ2) is 14.8. The van der Waals surface area contributed by atoms with E-state index in [4.69, 9.17) is 9.84 Å². The standard InChI is InChI=1S/C16H31NO5/c1-2-3-4-5-6-7-8-14(18)13-22-16(21)10-12-17-11-9-15(19)20/h14,17-18H,2-13H2,1H3,(H,19,20). The van der Waals surface area contributed by atoms with Gasteiger partial charge in [-0.25, -0.2) is 0 Å². The SMILES string of the molecule is CCCCCCCCC(O)COC(=O)CCNCCC(=O)O. The van der Waals surface area contributed by atoms with Crippen LogP contribution in [0.25, 0.3) is 0 Å². The minimum absolute atomic E-state index is 0.0337. The molecule has 0 saturated carbocycles. The highest BCUT2D eigenvalue weighted by molar-refractivity contribution is 5.69. The number of aliphatic carboxylic acids is 1. The predicted molar refractivity (Wildman–Crippen MR) is 84.7 cm³/mol. The van der Waals surface area contributed by atoms with Gasteiger partial charge in [0.05, 0.1) is 18.9 Å². The molecule has 6 nitrogen and oxygen atoms in total. The van der Waals surface area contributed by atoms with Crippen LogP contribution in [0.15, 0.2) is 0 Å². The first-order valence-electron chi connectivity index (χ1n) is 8.32. The number of hydrogen-bond donors (Lipinski definition) is 3. The molecule has 3 N–H and O–H groups in total. The van der Waals surface area contributed by atoms with Crippen LogP contribution in [0.3, 0.4) is 0 Å². The Kier molecular flexibility index (Phi) is 14.0. The molecule has 0 bridgehead atoms. The van der Waals surface area contributed by atoms with E-state index in [1.165, 1.54) is 25.7 Å². The van der Waals surface area contributed by atoms with Gasteiger partial charge in [-0.05, 0) is 6.42 Å². The number of hydrogen-bond acceptors (Lipinski definition) is 5. The van der Waals surface area contributed by atoms with Gasteiger partial charge in [-0.2, -0.15) is 0 Å². The van der Waals surface area contributed by atoms with Gasteiger partial charge < -0.3 is 20.3 Å². The van der Waals surface area contributed by atoms with Crippen LogP contribution in [0.2, 0.25) is 0 Å². The Hall–Kier alpha value is -1.14. The molecule has 1 atom stereocenters. The Morgan fingerprint density at radius 2 is 1.68 bits per heavy atom. The summed E-state index contributed by atoms with van der Waals surface area (Å²) in [6, 6.07) is 0. The maximum Gasteiger partial charge on any atom is 0.307 e. The molecule has 0 aliphatic heterocycles. The van der Waals surface area contributed by atoms with Gasteiger partial charge in [0, 0.05) is 13.1 Å². The summed E-state index contributed by atoms with van der Waals surface area (Å²) < 4.78 is 4.98. The van der Waals surface area contributed by atoms with Crippen molar-refractivity contribution in [2.75, 3.05) is 19.7 Å². The largest absolute Gasteiger partial charge is 0.481 e. The van der Waals surface area contributed by atoms with Crippen LogP contribution >= 0.6 is 0 Å². The number of aliphatic hydroxyl groups is 1. The molecule has 0 aromatic carbocycles. The average Bonchev–Trinajstić information content (AvgIpc) is 2.48. The van der Waals surface area contributed by atoms with Crippen LogP contribution in [0.1, 0.15) is 64.7 Å². The van der Waals surface area contributed by atoms with Gasteiger partial charge in [0.2, 0.25) is 0 Å². The van der Waals surface area contributed by atoms with Crippen LogP contribution in [0.5, 0.6) is 0 Å². The summed E-state index contributed by atoms with van der Waals surface area (Å²) in [5.74, 6) is -1.24. The number of carboxylic acid groups (broad SMARTS) is 1. The topological polar surface area (TPSA) is 95.9 Å². The quantitative estimate of drug-likeness (QED) is 0.316. The molecule has 130 valence electrons. The maximum absolute atomic E-state index is 11.4. The normalized spacial score (nSPS) is 12.1. The van der Waals surface area contributed by atoms with E-state index in [-0.39, 0.29) is 25.4 Å². The van der Waals surface area contributed by atoms with Crippen molar-refractivity contribution < 1.29 is 24.5 Å². The summed E-state index contributed by atoms with van der Waals surface area (Å²) >= 11 is 0. The second-order valence-electron chi connectivity index (χ2n) is 5.54. The van der Waals surface area contributed by atoms with Gasteiger partial charge in [0.15, 0.2) is 0 Å². The van der Waals surface area contributed by atoms with Gasteiger partial charge in [-0.1, -0.05) is 45.4 Å². The van der Waals surface area contributed by atoms with Crippen LogP contribution in [-0.2, 0) is 14.3 Å². The van der Waals surface area contributed by atoms with E-state index in [2.05, 4.69) is 12.2 Å². The first-order chi connectivity index (χ1) is 10.6. The molecule has 6 heteroatoms. The highest BCUT2D eigenvalue weighted by atomic mass is 16.5. The van der Waals surface area contributed by atoms with Crippen molar-refractivity contribution in [2.45, 2.75) is 70.8 Å². The van der Waals surface area contributed by atoms with E-state index >= 15 is 0 Å². The van der Waals surface area contributed by atoms with Crippen molar-refractivity contribution >= 4 is 11.9 Å². The smallest absolute Gasteiger partial charge is 0.307 e. The average molecular weight is 317 g/mol. The van der Waals surface area contributed by atoms with Gasteiger partial charge in [-0.3, -0.25) is 9.59 Å². The van der Waals surface area contributed by atoms with Gasteiger partial charge >= 0.3 is 11.9 Å². The van der Waals surface area contributed by atoms with E-state index < -0.39 is 12.1 Å². The number of ether oxygens (including phenoxy) is 1. The van der Waals surface area contributed by atoms with E-state index in [1.54, 1.807) is 0 Å². The molecule has 0 rings (SSSR count). The van der Waals surface area contributed by atoms with E-state index in [1.807, 2.05) is 0 Å². The van der Waals surface area contributed by atoms with Crippen LogP contribution in [-0.4, -0.2) is 48.0 Å². The van der Waals surface area contributed by atoms with Crippen LogP contribution in [0.4, 0.5) is 0 Å². The lowest BCUT2D eigenvalue weighted by molar-refractivity contribution is -0.146. The van der Waals surface area contributed by atoms with Crippen molar-refractivity contribution in [3.63, 3.8) is 0 Å². The lowest BCUT2D eigenvalue weighted by atomic mass is 10.1. The molecule has 1 unspecified atom stereocenters. The Labute approximate surface area is 133 Å². The molecule has 0 fully saturated rings. The summed E-state index contributed by atoms with van der Waals surface area (Å²) in [5.41, 5.74) is 0. The minimum atomic E-state index is -0.868. The fourth-order valence-electron chi connectivity index (χ4n) is 2.02. The molecular weight excluding hydrogens is 286 g/mol. The van der Waals surface area contributed by atoms with Crippen LogP contribution in [0, 0.1) is 0 Å². The van der Waals surface area contributed by atoms with Crippen molar-refractivity contribution in [2.24, 2.45) is 0 Å². The second-order valence-corrected chi connectivity index (χ2v) is 5.54. The zero-order valence-electron chi connectivity index (χ0n) is 13.7. The number of carboxylic acids is 1. The molecule has 22 heavy (non-hydrogen) atoms. The third kappa shape index (κ3) is 15.3. The molecule has 0 aromatic heterocycles. The van der Waals surface area contributed by atoms with E-state index in [0.29, 0.717) is 19.5 Å². The van der Waals surface area contributed by atoms with Gasteiger partial charge in [-0.15, -0.1) is 0 Å². The highest BCUT2D eigenvalue weighted by Gasteiger charge is 2.08. The van der Waals surface area contributed by atoms with Crippen molar-refractivity contribution in [3.8, 4) is 0 Å². The minimum Gasteiger partial charge on any atom is -0.481 e. The summed E-state index contributed by atoms with van der Waals surface area (Å²) in [6.45, 7) is 2.95. The third-order valence-electron chi connectivity index (χ3n) is 3.35. The lowest BCUT2D eigenvalue weighted by Gasteiger charge is -2.11. The first-order valence-corrected chi connectivity index (χ1v) is 8.32. The number of carbonyl (C=O) groups excluding carboxylic acids is 1. The number of carbonyl (C=O) groups is 2. The zero-order valence-corrected chi connectivity index (χ0v) is 13.7. The van der Waals surface area contributed by atoms with Crippen LogP contribution < -0.4 is 5.32 Å². The number of aliphatic hydroxyl groups excluding tert-OH is 1. The fraction of sp³-hybridized carbons (Fsp3) is 0.875. The lowest BCUT2D eigenvalue weighted by Crippen LogP contribution is -2.24. The fourth-order valence-corrected chi connectivity index (χ4v) is 2.02. The van der Waals surface area contributed by atoms with Crippen molar-refractivity contribution in [3.05, 3.63) is 0 Å². The molecule has 0 amide bonds. The molecule has 0 spiro atoms. The maximum atomic E-state index is 11.4. The number of rotatable bonds is 15. The first kappa shape index (κ1) is 20.9.